The first-order chi connectivity index (χ1) is 9.16. The van der Waals surface area contributed by atoms with E-state index in [0.29, 0.717) is 6.54 Å². The van der Waals surface area contributed by atoms with Crippen molar-refractivity contribution >= 4 is 12.4 Å². The Balaban J connectivity index is 0.00000200. The molecule has 0 radical (unpaired) electrons. The van der Waals surface area contributed by atoms with Crippen LogP contribution in [0.3, 0.4) is 0 Å². The lowest BCUT2D eigenvalue weighted by atomic mass is 10.2. The van der Waals surface area contributed by atoms with E-state index in [1.54, 1.807) is 18.3 Å². The Hall–Kier alpha value is -1.72. The van der Waals surface area contributed by atoms with E-state index in [2.05, 4.69) is 15.0 Å². The number of hydrogen-bond donors (Lipinski definition) is 0. The molecule has 108 valence electrons. The predicted molar refractivity (Wildman–Crippen MR) is 82.1 cm³/mol. The third-order valence-corrected chi connectivity index (χ3v) is 2.77. The highest BCUT2D eigenvalue weighted by Crippen LogP contribution is 2.10. The minimum atomic E-state index is -0.0709. The summed E-state index contributed by atoms with van der Waals surface area (Å²) in [6.07, 6.45) is 2.62. The summed E-state index contributed by atoms with van der Waals surface area (Å²) >= 11 is 0. The molecular weight excluding hydrogens is 276 g/mol. The van der Waals surface area contributed by atoms with Gasteiger partial charge in [-0.25, -0.2) is 4.68 Å². The van der Waals surface area contributed by atoms with Gasteiger partial charge in [-0.15, -0.1) is 12.4 Å². The van der Waals surface area contributed by atoms with Gasteiger partial charge in [-0.1, -0.05) is 6.07 Å². The van der Waals surface area contributed by atoms with Crippen LogP contribution in [0.2, 0.25) is 0 Å². The summed E-state index contributed by atoms with van der Waals surface area (Å²) in [5.41, 5.74) is 1.44. The van der Waals surface area contributed by atoms with Gasteiger partial charge >= 0.3 is 0 Å². The molecule has 2 aromatic heterocycles. The number of aromatic nitrogens is 3. The zero-order valence-corrected chi connectivity index (χ0v) is 12.5. The fourth-order valence-electron chi connectivity index (χ4n) is 1.80. The summed E-state index contributed by atoms with van der Waals surface area (Å²) < 4.78 is 1.51. The normalized spacial score (nSPS) is 10.3. The van der Waals surface area contributed by atoms with Crippen molar-refractivity contribution in [1.29, 1.82) is 0 Å². The van der Waals surface area contributed by atoms with Gasteiger partial charge in [-0.2, -0.15) is 5.10 Å². The summed E-state index contributed by atoms with van der Waals surface area (Å²) in [5.74, 6) is 0. The number of aryl methyl sites for hydroxylation is 1. The second-order valence-electron chi connectivity index (χ2n) is 4.65. The number of nitrogens with zero attached hydrogens (tertiary/aromatic N) is 4. The van der Waals surface area contributed by atoms with E-state index in [-0.39, 0.29) is 18.0 Å². The first-order valence-corrected chi connectivity index (χ1v) is 6.31. The predicted octanol–water partition coefficient (Wildman–Crippen LogP) is 1.68. The van der Waals surface area contributed by atoms with Crippen LogP contribution in [0.5, 0.6) is 0 Å². The lowest BCUT2D eigenvalue weighted by Crippen LogP contribution is -2.24. The molecule has 0 aliphatic carbocycles. The fourth-order valence-corrected chi connectivity index (χ4v) is 1.80. The monoisotopic (exact) mass is 294 g/mol. The van der Waals surface area contributed by atoms with E-state index in [1.807, 2.05) is 32.3 Å². The fraction of sp³-hybridized carbons (Fsp3) is 0.357. The van der Waals surface area contributed by atoms with Crippen LogP contribution < -0.4 is 5.56 Å². The molecule has 2 aromatic rings. The van der Waals surface area contributed by atoms with E-state index in [9.17, 15) is 4.79 Å². The minimum Gasteiger partial charge on any atom is -0.309 e. The average molecular weight is 295 g/mol. The van der Waals surface area contributed by atoms with E-state index >= 15 is 0 Å². The first kappa shape index (κ1) is 16.3. The molecule has 0 amide bonds. The van der Waals surface area contributed by atoms with Crippen molar-refractivity contribution in [3.05, 3.63) is 46.9 Å². The van der Waals surface area contributed by atoms with Gasteiger partial charge in [0.1, 0.15) is 5.69 Å². The number of halogens is 1. The van der Waals surface area contributed by atoms with Crippen molar-refractivity contribution in [1.82, 2.24) is 19.7 Å². The topological polar surface area (TPSA) is 51.0 Å². The Morgan fingerprint density at radius 1 is 1.15 bits per heavy atom. The van der Waals surface area contributed by atoms with Crippen LogP contribution in [-0.4, -0.2) is 40.3 Å². The average Bonchev–Trinajstić information content (AvgIpc) is 2.41. The van der Waals surface area contributed by atoms with E-state index in [4.69, 9.17) is 0 Å². The van der Waals surface area contributed by atoms with Crippen molar-refractivity contribution in [2.45, 2.75) is 13.0 Å². The summed E-state index contributed by atoms with van der Waals surface area (Å²) in [7, 11) is 4.03. The molecule has 0 bridgehead atoms. The SMILES string of the molecule is CN(C)CCCn1nc(-c2ccccn2)ccc1=O.Cl. The van der Waals surface area contributed by atoms with Crippen LogP contribution in [0.1, 0.15) is 6.42 Å². The van der Waals surface area contributed by atoms with Crippen LogP contribution in [0.4, 0.5) is 0 Å². The molecule has 0 saturated carbocycles. The highest BCUT2D eigenvalue weighted by Gasteiger charge is 2.04. The van der Waals surface area contributed by atoms with Crippen LogP contribution in [-0.2, 0) is 6.54 Å². The largest absolute Gasteiger partial charge is 0.309 e. The Bertz CT molecular complexity index is 583. The number of hydrogen-bond acceptors (Lipinski definition) is 4. The van der Waals surface area contributed by atoms with Crippen molar-refractivity contribution in [2.24, 2.45) is 0 Å². The van der Waals surface area contributed by atoms with Gasteiger partial charge in [0.2, 0.25) is 0 Å². The summed E-state index contributed by atoms with van der Waals surface area (Å²) in [5, 5.41) is 4.36. The smallest absolute Gasteiger partial charge is 0.266 e. The lowest BCUT2D eigenvalue weighted by molar-refractivity contribution is 0.377. The maximum atomic E-state index is 11.7. The van der Waals surface area contributed by atoms with Crippen LogP contribution in [0.25, 0.3) is 11.4 Å². The molecule has 0 N–H and O–H groups in total. The van der Waals surface area contributed by atoms with E-state index < -0.39 is 0 Å². The van der Waals surface area contributed by atoms with Gasteiger partial charge in [0.25, 0.3) is 5.56 Å². The second-order valence-corrected chi connectivity index (χ2v) is 4.65. The summed E-state index contributed by atoms with van der Waals surface area (Å²) in [6.45, 7) is 1.56. The van der Waals surface area contributed by atoms with Crippen LogP contribution in [0, 0.1) is 0 Å². The molecule has 0 fully saturated rings. The molecule has 0 aliphatic rings. The minimum absolute atomic E-state index is 0. The molecule has 0 spiro atoms. The Kier molecular flexibility index (Phi) is 6.35. The van der Waals surface area contributed by atoms with Gasteiger partial charge in [0.15, 0.2) is 0 Å². The van der Waals surface area contributed by atoms with Gasteiger partial charge in [-0.05, 0) is 45.3 Å². The summed E-state index contributed by atoms with van der Waals surface area (Å²) in [4.78, 5) is 18.1. The molecule has 5 nitrogen and oxygen atoms in total. The zero-order valence-electron chi connectivity index (χ0n) is 11.7. The molecule has 0 atom stereocenters. The maximum absolute atomic E-state index is 11.7. The second kappa shape index (κ2) is 7.77. The molecule has 0 unspecified atom stereocenters. The third-order valence-electron chi connectivity index (χ3n) is 2.77. The Labute approximate surface area is 124 Å². The maximum Gasteiger partial charge on any atom is 0.266 e. The lowest BCUT2D eigenvalue weighted by Gasteiger charge is -2.10. The molecule has 0 aliphatic heterocycles. The third kappa shape index (κ3) is 4.43. The van der Waals surface area contributed by atoms with Gasteiger partial charge < -0.3 is 4.90 Å². The van der Waals surface area contributed by atoms with Gasteiger partial charge in [0.05, 0.1) is 5.69 Å². The quantitative estimate of drug-likeness (QED) is 0.842. The highest BCUT2D eigenvalue weighted by atomic mass is 35.5. The molecule has 20 heavy (non-hydrogen) atoms. The van der Waals surface area contributed by atoms with Gasteiger partial charge in [-0.3, -0.25) is 9.78 Å². The summed E-state index contributed by atoms with van der Waals surface area (Å²) in [6, 6.07) is 8.92. The molecular formula is C14H19ClN4O. The Morgan fingerprint density at radius 2 is 1.95 bits per heavy atom. The van der Waals surface area contributed by atoms with Crippen molar-refractivity contribution < 1.29 is 0 Å². The highest BCUT2D eigenvalue weighted by molar-refractivity contribution is 5.85. The molecule has 6 heteroatoms. The van der Waals surface area contributed by atoms with Crippen molar-refractivity contribution in [3.63, 3.8) is 0 Å². The standard InChI is InChI=1S/C14H18N4O.ClH/c1-17(2)10-5-11-18-14(19)8-7-13(16-18)12-6-3-4-9-15-12;/h3-4,6-9H,5,10-11H2,1-2H3;1H. The molecule has 2 heterocycles. The molecule has 2 rings (SSSR count). The van der Waals surface area contributed by atoms with Crippen molar-refractivity contribution in [3.8, 4) is 11.4 Å². The first-order valence-electron chi connectivity index (χ1n) is 6.31. The Morgan fingerprint density at radius 3 is 2.60 bits per heavy atom. The number of pyridine rings is 1. The van der Waals surface area contributed by atoms with Crippen LogP contribution >= 0.6 is 12.4 Å². The van der Waals surface area contributed by atoms with Gasteiger partial charge in [0, 0.05) is 18.8 Å². The van der Waals surface area contributed by atoms with Crippen LogP contribution in [0.15, 0.2) is 41.3 Å². The van der Waals surface area contributed by atoms with Crippen molar-refractivity contribution in [2.75, 3.05) is 20.6 Å². The molecule has 0 saturated heterocycles. The zero-order chi connectivity index (χ0) is 13.7. The number of rotatable bonds is 5. The van der Waals surface area contributed by atoms with E-state index in [0.717, 1.165) is 24.4 Å². The van der Waals surface area contributed by atoms with E-state index in [1.165, 1.54) is 4.68 Å². The molecule has 0 aromatic carbocycles.